The van der Waals surface area contributed by atoms with Crippen molar-refractivity contribution in [3.05, 3.63) is 70.8 Å². The SMILES string of the molecule is CNCc1ccccc1[C@H](O)c1ccc(C)cc1. The molecule has 0 aliphatic heterocycles. The highest BCUT2D eigenvalue weighted by Crippen LogP contribution is 2.25. The number of aryl methyl sites for hydroxylation is 1. The van der Waals surface area contributed by atoms with E-state index in [1.807, 2.05) is 62.5 Å². The van der Waals surface area contributed by atoms with Gasteiger partial charge in [0.2, 0.25) is 0 Å². The first-order valence-electron chi connectivity index (χ1n) is 6.19. The number of aliphatic hydroxyl groups is 1. The molecule has 0 unspecified atom stereocenters. The quantitative estimate of drug-likeness (QED) is 0.862. The Balaban J connectivity index is 2.33. The van der Waals surface area contributed by atoms with Crippen molar-refractivity contribution in [1.82, 2.24) is 5.32 Å². The fourth-order valence-electron chi connectivity index (χ4n) is 2.08. The molecule has 2 N–H and O–H groups in total. The molecule has 2 heteroatoms. The van der Waals surface area contributed by atoms with Gasteiger partial charge >= 0.3 is 0 Å². The van der Waals surface area contributed by atoms with Gasteiger partial charge < -0.3 is 10.4 Å². The summed E-state index contributed by atoms with van der Waals surface area (Å²) in [7, 11) is 1.91. The number of nitrogens with one attached hydrogen (secondary N) is 1. The number of hydrogen-bond donors (Lipinski definition) is 2. The van der Waals surface area contributed by atoms with E-state index >= 15 is 0 Å². The molecule has 1 atom stereocenters. The van der Waals surface area contributed by atoms with Gasteiger partial charge in [-0.05, 0) is 30.7 Å². The van der Waals surface area contributed by atoms with Crippen LogP contribution < -0.4 is 5.32 Å². The third kappa shape index (κ3) is 2.78. The average molecular weight is 241 g/mol. The van der Waals surface area contributed by atoms with Crippen molar-refractivity contribution in [2.45, 2.75) is 19.6 Å². The second-order valence-corrected chi connectivity index (χ2v) is 4.54. The van der Waals surface area contributed by atoms with Gasteiger partial charge in [-0.3, -0.25) is 0 Å². The number of benzene rings is 2. The van der Waals surface area contributed by atoms with E-state index in [0.29, 0.717) is 0 Å². The first kappa shape index (κ1) is 12.8. The molecule has 2 rings (SSSR count). The molecule has 0 fully saturated rings. The monoisotopic (exact) mass is 241 g/mol. The molecule has 2 aromatic carbocycles. The van der Waals surface area contributed by atoms with Crippen LogP contribution in [0.25, 0.3) is 0 Å². The second kappa shape index (κ2) is 5.80. The Bertz CT molecular complexity index is 505. The molecule has 0 aromatic heterocycles. The molecule has 94 valence electrons. The van der Waals surface area contributed by atoms with Crippen LogP contribution in [0.2, 0.25) is 0 Å². The van der Waals surface area contributed by atoms with Crippen LogP contribution >= 0.6 is 0 Å². The summed E-state index contributed by atoms with van der Waals surface area (Å²) in [5, 5.41) is 13.6. The first-order chi connectivity index (χ1) is 8.72. The Kier molecular flexibility index (Phi) is 4.13. The van der Waals surface area contributed by atoms with E-state index in [-0.39, 0.29) is 0 Å². The summed E-state index contributed by atoms with van der Waals surface area (Å²) in [5.74, 6) is 0. The zero-order valence-electron chi connectivity index (χ0n) is 10.9. The Hall–Kier alpha value is -1.64. The van der Waals surface area contributed by atoms with Crippen molar-refractivity contribution in [2.75, 3.05) is 7.05 Å². The van der Waals surface area contributed by atoms with Crippen molar-refractivity contribution in [1.29, 1.82) is 0 Å². The Morgan fingerprint density at radius 3 is 2.39 bits per heavy atom. The number of aliphatic hydroxyl groups excluding tert-OH is 1. The fraction of sp³-hybridized carbons (Fsp3) is 0.250. The minimum Gasteiger partial charge on any atom is -0.384 e. The molecule has 0 radical (unpaired) electrons. The van der Waals surface area contributed by atoms with Crippen LogP contribution in [0.1, 0.15) is 28.4 Å². The predicted molar refractivity (Wildman–Crippen MR) is 74.4 cm³/mol. The van der Waals surface area contributed by atoms with Gasteiger partial charge in [0, 0.05) is 6.54 Å². The summed E-state index contributed by atoms with van der Waals surface area (Å²) < 4.78 is 0. The van der Waals surface area contributed by atoms with Crippen LogP contribution in [0.15, 0.2) is 48.5 Å². The van der Waals surface area contributed by atoms with Crippen LogP contribution in [0.4, 0.5) is 0 Å². The standard InChI is InChI=1S/C16H19NO/c1-12-7-9-13(10-8-12)16(18)15-6-4-3-5-14(15)11-17-2/h3-10,16-18H,11H2,1-2H3/t16-/m1/s1. The maximum Gasteiger partial charge on any atom is 0.104 e. The number of hydrogen-bond acceptors (Lipinski definition) is 2. The highest BCUT2D eigenvalue weighted by atomic mass is 16.3. The molecule has 0 bridgehead atoms. The molecule has 2 aromatic rings. The van der Waals surface area contributed by atoms with Gasteiger partial charge in [0.05, 0.1) is 0 Å². The molecule has 0 aliphatic rings. The topological polar surface area (TPSA) is 32.3 Å². The molecule has 0 heterocycles. The summed E-state index contributed by atoms with van der Waals surface area (Å²) >= 11 is 0. The van der Waals surface area contributed by atoms with Crippen molar-refractivity contribution in [3.8, 4) is 0 Å². The summed E-state index contributed by atoms with van der Waals surface area (Å²) in [6.07, 6.45) is -0.560. The molecule has 2 nitrogen and oxygen atoms in total. The molecule has 0 amide bonds. The zero-order chi connectivity index (χ0) is 13.0. The Morgan fingerprint density at radius 2 is 1.72 bits per heavy atom. The van der Waals surface area contributed by atoms with E-state index < -0.39 is 6.10 Å². The van der Waals surface area contributed by atoms with E-state index in [1.54, 1.807) is 0 Å². The van der Waals surface area contributed by atoms with E-state index in [9.17, 15) is 5.11 Å². The molecular formula is C16H19NO. The lowest BCUT2D eigenvalue weighted by atomic mass is 9.96. The Morgan fingerprint density at radius 1 is 1.06 bits per heavy atom. The Labute approximate surface area is 108 Å². The van der Waals surface area contributed by atoms with E-state index in [1.165, 1.54) is 5.56 Å². The third-order valence-corrected chi connectivity index (χ3v) is 3.11. The van der Waals surface area contributed by atoms with Gasteiger partial charge in [-0.2, -0.15) is 0 Å². The van der Waals surface area contributed by atoms with Gasteiger partial charge in [0.25, 0.3) is 0 Å². The van der Waals surface area contributed by atoms with E-state index in [0.717, 1.165) is 23.2 Å². The fourth-order valence-corrected chi connectivity index (χ4v) is 2.08. The highest BCUT2D eigenvalue weighted by molar-refractivity contribution is 5.36. The van der Waals surface area contributed by atoms with Crippen molar-refractivity contribution < 1.29 is 5.11 Å². The second-order valence-electron chi connectivity index (χ2n) is 4.54. The van der Waals surface area contributed by atoms with Crippen LogP contribution in [-0.4, -0.2) is 12.2 Å². The van der Waals surface area contributed by atoms with Gasteiger partial charge in [0.1, 0.15) is 6.10 Å². The molecule has 18 heavy (non-hydrogen) atoms. The molecular weight excluding hydrogens is 222 g/mol. The van der Waals surface area contributed by atoms with E-state index in [4.69, 9.17) is 0 Å². The lowest BCUT2D eigenvalue weighted by Crippen LogP contribution is -2.10. The first-order valence-corrected chi connectivity index (χ1v) is 6.19. The summed E-state index contributed by atoms with van der Waals surface area (Å²) in [5.41, 5.74) is 4.24. The lowest BCUT2D eigenvalue weighted by molar-refractivity contribution is 0.219. The van der Waals surface area contributed by atoms with Crippen LogP contribution in [0.3, 0.4) is 0 Å². The molecule has 0 saturated heterocycles. The predicted octanol–water partition coefficient (Wildman–Crippen LogP) is 2.80. The van der Waals surface area contributed by atoms with Crippen molar-refractivity contribution >= 4 is 0 Å². The van der Waals surface area contributed by atoms with Crippen LogP contribution in [0, 0.1) is 6.92 Å². The summed E-state index contributed by atoms with van der Waals surface area (Å²) in [6, 6.07) is 16.0. The molecule has 0 aliphatic carbocycles. The maximum atomic E-state index is 10.5. The van der Waals surface area contributed by atoms with Crippen LogP contribution in [0.5, 0.6) is 0 Å². The largest absolute Gasteiger partial charge is 0.384 e. The minimum atomic E-state index is -0.560. The van der Waals surface area contributed by atoms with Gasteiger partial charge in [-0.15, -0.1) is 0 Å². The van der Waals surface area contributed by atoms with Gasteiger partial charge in [-0.1, -0.05) is 54.1 Å². The van der Waals surface area contributed by atoms with Crippen molar-refractivity contribution in [3.63, 3.8) is 0 Å². The third-order valence-electron chi connectivity index (χ3n) is 3.11. The lowest BCUT2D eigenvalue weighted by Gasteiger charge is -2.16. The normalized spacial score (nSPS) is 12.4. The molecule has 0 spiro atoms. The zero-order valence-corrected chi connectivity index (χ0v) is 10.9. The smallest absolute Gasteiger partial charge is 0.104 e. The van der Waals surface area contributed by atoms with Gasteiger partial charge in [0.15, 0.2) is 0 Å². The van der Waals surface area contributed by atoms with Gasteiger partial charge in [-0.25, -0.2) is 0 Å². The maximum absolute atomic E-state index is 10.5. The highest BCUT2D eigenvalue weighted by Gasteiger charge is 2.13. The summed E-state index contributed by atoms with van der Waals surface area (Å²) in [6.45, 7) is 2.81. The number of rotatable bonds is 4. The average Bonchev–Trinajstić information content (AvgIpc) is 2.40. The molecule has 0 saturated carbocycles. The van der Waals surface area contributed by atoms with E-state index in [2.05, 4.69) is 5.32 Å². The van der Waals surface area contributed by atoms with Crippen LogP contribution in [-0.2, 0) is 6.54 Å². The van der Waals surface area contributed by atoms with Crippen molar-refractivity contribution in [2.24, 2.45) is 0 Å². The minimum absolute atomic E-state index is 0.560. The summed E-state index contributed by atoms with van der Waals surface area (Å²) in [4.78, 5) is 0.